The van der Waals surface area contributed by atoms with Crippen molar-refractivity contribution in [3.05, 3.63) is 71.1 Å². The number of halogens is 2. The third-order valence-corrected chi connectivity index (χ3v) is 6.16. The monoisotopic (exact) mass is 351 g/mol. The van der Waals surface area contributed by atoms with Crippen molar-refractivity contribution < 1.29 is 17.2 Å². The van der Waals surface area contributed by atoms with Crippen LogP contribution in [0.4, 0.5) is 8.78 Å². The van der Waals surface area contributed by atoms with Crippen LogP contribution in [0.5, 0.6) is 0 Å². The lowest BCUT2D eigenvalue weighted by atomic mass is 10.2. The molecule has 0 saturated carbocycles. The number of nitrogens with zero attached hydrogens (tertiary/aromatic N) is 1. The molecule has 0 N–H and O–H groups in total. The van der Waals surface area contributed by atoms with E-state index in [9.17, 15) is 17.2 Å². The third-order valence-electron chi connectivity index (χ3n) is 3.13. The molecule has 0 saturated heterocycles. The second-order valence-electron chi connectivity index (χ2n) is 4.89. The van der Waals surface area contributed by atoms with Gasteiger partial charge in [-0.05, 0) is 42.0 Å². The highest BCUT2D eigenvalue weighted by molar-refractivity contribution is 7.92. The lowest BCUT2D eigenvalue weighted by molar-refractivity contribution is 0.594. The van der Waals surface area contributed by atoms with Crippen molar-refractivity contribution in [3.8, 4) is 11.3 Å². The standard InChI is InChI=1S/C16H11F2NO2S2/c17-13-6-4-12(5-7-13)15-9-22-16(19-15)23(20,21)10-11-2-1-3-14(18)8-11/h1-9H,10H2. The fourth-order valence-corrected chi connectivity index (χ4v) is 4.50. The Balaban J connectivity index is 1.88. The van der Waals surface area contributed by atoms with Crippen LogP contribution in [0.1, 0.15) is 5.56 Å². The molecule has 3 rings (SSSR count). The van der Waals surface area contributed by atoms with Crippen molar-refractivity contribution in [2.45, 2.75) is 10.1 Å². The maximum atomic E-state index is 13.2. The topological polar surface area (TPSA) is 47.0 Å². The van der Waals surface area contributed by atoms with Gasteiger partial charge in [-0.2, -0.15) is 0 Å². The van der Waals surface area contributed by atoms with Crippen LogP contribution in [0.2, 0.25) is 0 Å². The SMILES string of the molecule is O=S(=O)(Cc1cccc(F)c1)c1nc(-c2ccc(F)cc2)cs1. The van der Waals surface area contributed by atoms with E-state index in [2.05, 4.69) is 4.98 Å². The maximum Gasteiger partial charge on any atom is 0.210 e. The zero-order chi connectivity index (χ0) is 16.4. The van der Waals surface area contributed by atoms with Crippen LogP contribution in [0.3, 0.4) is 0 Å². The van der Waals surface area contributed by atoms with E-state index in [1.54, 1.807) is 11.4 Å². The molecule has 0 aliphatic heterocycles. The average Bonchev–Trinajstić information content (AvgIpc) is 2.98. The Morgan fingerprint density at radius 1 is 1.00 bits per heavy atom. The molecular formula is C16H11F2NO2S2. The van der Waals surface area contributed by atoms with Gasteiger partial charge >= 0.3 is 0 Å². The highest BCUT2D eigenvalue weighted by Gasteiger charge is 2.20. The van der Waals surface area contributed by atoms with Crippen molar-refractivity contribution in [1.29, 1.82) is 0 Å². The van der Waals surface area contributed by atoms with Crippen LogP contribution in [0, 0.1) is 11.6 Å². The smallest absolute Gasteiger partial charge is 0.210 e. The number of hydrogen-bond donors (Lipinski definition) is 0. The van der Waals surface area contributed by atoms with Crippen LogP contribution in [-0.4, -0.2) is 13.4 Å². The van der Waals surface area contributed by atoms with Gasteiger partial charge in [0, 0.05) is 10.9 Å². The molecule has 1 heterocycles. The van der Waals surface area contributed by atoms with E-state index >= 15 is 0 Å². The van der Waals surface area contributed by atoms with Crippen LogP contribution in [-0.2, 0) is 15.6 Å². The second-order valence-corrected chi connectivity index (χ2v) is 7.92. The maximum absolute atomic E-state index is 13.2. The number of sulfone groups is 1. The number of rotatable bonds is 4. The van der Waals surface area contributed by atoms with Crippen molar-refractivity contribution in [2.75, 3.05) is 0 Å². The number of aromatic nitrogens is 1. The molecule has 23 heavy (non-hydrogen) atoms. The summed E-state index contributed by atoms with van der Waals surface area (Å²) in [6, 6.07) is 11.1. The van der Waals surface area contributed by atoms with Crippen molar-refractivity contribution in [3.63, 3.8) is 0 Å². The quantitative estimate of drug-likeness (QED) is 0.712. The summed E-state index contributed by atoms with van der Waals surface area (Å²) in [6.07, 6.45) is 0. The first-order valence-electron chi connectivity index (χ1n) is 6.63. The summed E-state index contributed by atoms with van der Waals surface area (Å²) in [5, 5.41) is 1.60. The van der Waals surface area contributed by atoms with Gasteiger partial charge in [0.05, 0.1) is 11.4 Å². The summed E-state index contributed by atoms with van der Waals surface area (Å²) < 4.78 is 50.8. The number of thiazole rings is 1. The van der Waals surface area contributed by atoms with E-state index in [-0.39, 0.29) is 15.9 Å². The largest absolute Gasteiger partial charge is 0.225 e. The normalized spacial score (nSPS) is 11.6. The average molecular weight is 351 g/mol. The molecule has 0 atom stereocenters. The predicted molar refractivity (Wildman–Crippen MR) is 84.8 cm³/mol. The Kier molecular flexibility index (Phi) is 4.23. The molecule has 3 aromatic rings. The molecule has 0 aliphatic rings. The molecule has 0 unspecified atom stereocenters. The first-order valence-corrected chi connectivity index (χ1v) is 9.16. The van der Waals surface area contributed by atoms with Crippen LogP contribution in [0.25, 0.3) is 11.3 Å². The lowest BCUT2D eigenvalue weighted by Crippen LogP contribution is -2.04. The van der Waals surface area contributed by atoms with Crippen LogP contribution in [0.15, 0.2) is 58.3 Å². The molecule has 0 amide bonds. The van der Waals surface area contributed by atoms with Crippen LogP contribution < -0.4 is 0 Å². The Morgan fingerprint density at radius 2 is 1.74 bits per heavy atom. The molecule has 118 valence electrons. The van der Waals surface area contributed by atoms with E-state index in [0.29, 0.717) is 16.8 Å². The molecule has 7 heteroatoms. The molecule has 1 aromatic heterocycles. The van der Waals surface area contributed by atoms with Gasteiger partial charge in [0.15, 0.2) is 0 Å². The minimum atomic E-state index is -3.66. The Labute approximate surface area is 136 Å². The van der Waals surface area contributed by atoms with Gasteiger partial charge in [-0.15, -0.1) is 11.3 Å². The molecular weight excluding hydrogens is 340 g/mol. The summed E-state index contributed by atoms with van der Waals surface area (Å²) in [4.78, 5) is 4.11. The van der Waals surface area contributed by atoms with E-state index in [1.807, 2.05) is 0 Å². The predicted octanol–water partition coefficient (Wildman–Crippen LogP) is 4.06. The summed E-state index contributed by atoms with van der Waals surface area (Å²) in [5.41, 5.74) is 1.46. The Morgan fingerprint density at radius 3 is 2.43 bits per heavy atom. The van der Waals surface area contributed by atoms with Gasteiger partial charge in [0.25, 0.3) is 0 Å². The van der Waals surface area contributed by atoms with Gasteiger partial charge in [0.1, 0.15) is 11.6 Å². The molecule has 0 bridgehead atoms. The highest BCUT2D eigenvalue weighted by atomic mass is 32.2. The molecule has 3 nitrogen and oxygen atoms in total. The van der Waals surface area contributed by atoms with Crippen molar-refractivity contribution in [2.24, 2.45) is 0 Å². The van der Waals surface area contributed by atoms with Gasteiger partial charge < -0.3 is 0 Å². The third kappa shape index (κ3) is 3.62. The number of benzene rings is 2. The first-order chi connectivity index (χ1) is 10.9. The first kappa shape index (κ1) is 15.8. The zero-order valence-electron chi connectivity index (χ0n) is 11.7. The second kappa shape index (κ2) is 6.17. The minimum absolute atomic E-state index is 0.0407. The molecule has 2 aromatic carbocycles. The van der Waals surface area contributed by atoms with Gasteiger partial charge in [-0.25, -0.2) is 22.2 Å². The van der Waals surface area contributed by atoms with E-state index in [4.69, 9.17) is 0 Å². The van der Waals surface area contributed by atoms with E-state index in [1.165, 1.54) is 42.5 Å². The Bertz CT molecular complexity index is 935. The fraction of sp³-hybridized carbons (Fsp3) is 0.0625. The van der Waals surface area contributed by atoms with E-state index < -0.39 is 15.7 Å². The minimum Gasteiger partial charge on any atom is -0.225 e. The van der Waals surface area contributed by atoms with Crippen molar-refractivity contribution in [1.82, 2.24) is 4.98 Å². The summed E-state index contributed by atoms with van der Waals surface area (Å²) in [6.45, 7) is 0. The van der Waals surface area contributed by atoms with Gasteiger partial charge in [0.2, 0.25) is 14.2 Å². The zero-order valence-corrected chi connectivity index (χ0v) is 13.4. The molecule has 0 fully saturated rings. The summed E-state index contributed by atoms with van der Waals surface area (Å²) in [5.74, 6) is -1.17. The summed E-state index contributed by atoms with van der Waals surface area (Å²) >= 11 is 0.992. The van der Waals surface area contributed by atoms with Gasteiger partial charge in [-0.1, -0.05) is 12.1 Å². The molecule has 0 aliphatic carbocycles. The Hall–Kier alpha value is -2.12. The molecule has 0 radical (unpaired) electrons. The number of hydrogen-bond acceptors (Lipinski definition) is 4. The van der Waals surface area contributed by atoms with E-state index in [0.717, 1.165) is 11.3 Å². The summed E-state index contributed by atoms with van der Waals surface area (Å²) in [7, 11) is -3.66. The highest BCUT2D eigenvalue weighted by Crippen LogP contribution is 2.26. The fourth-order valence-electron chi connectivity index (χ4n) is 2.06. The van der Waals surface area contributed by atoms with Crippen LogP contribution >= 0.6 is 11.3 Å². The molecule has 0 spiro atoms. The lowest BCUT2D eigenvalue weighted by Gasteiger charge is -2.01. The van der Waals surface area contributed by atoms with Gasteiger partial charge in [-0.3, -0.25) is 0 Å². The van der Waals surface area contributed by atoms with Crippen molar-refractivity contribution >= 4 is 21.2 Å².